The normalized spacial score (nSPS) is 20.5. The van der Waals surface area contributed by atoms with Crippen LogP contribution in [0, 0.1) is 0 Å². The molecule has 1 aliphatic rings. The Labute approximate surface area is 139 Å². The van der Waals surface area contributed by atoms with Crippen LogP contribution >= 0.6 is 0 Å². The number of rotatable bonds is 4. The molecule has 2 atom stereocenters. The molecule has 0 aliphatic carbocycles. The molecule has 1 saturated heterocycles. The number of nitrogens with two attached hydrogens (primary N) is 1. The highest BCUT2D eigenvalue weighted by atomic mass is 16.2. The van der Waals surface area contributed by atoms with Crippen molar-refractivity contribution in [3.05, 3.63) is 42.0 Å². The SMILES string of the molecule is CC1CC(NC(=O)c2cc(CN)ccn2)C(=O)N1c1cnn(C)c1. The third-order valence-electron chi connectivity index (χ3n) is 4.12. The number of nitrogens with one attached hydrogen (secondary N) is 1. The number of aromatic nitrogens is 3. The molecule has 2 aromatic rings. The molecule has 2 amide bonds. The number of hydrogen-bond acceptors (Lipinski definition) is 5. The maximum atomic E-state index is 12.6. The van der Waals surface area contributed by atoms with Crippen LogP contribution in [0.5, 0.6) is 0 Å². The van der Waals surface area contributed by atoms with Crippen LogP contribution < -0.4 is 16.0 Å². The Morgan fingerprint density at radius 1 is 1.50 bits per heavy atom. The van der Waals surface area contributed by atoms with Crippen LogP contribution in [-0.2, 0) is 18.4 Å². The summed E-state index contributed by atoms with van der Waals surface area (Å²) in [4.78, 5) is 30.7. The molecule has 2 aromatic heterocycles. The topological polar surface area (TPSA) is 106 Å². The zero-order valence-electron chi connectivity index (χ0n) is 13.6. The van der Waals surface area contributed by atoms with Gasteiger partial charge in [-0.3, -0.25) is 19.3 Å². The van der Waals surface area contributed by atoms with Gasteiger partial charge in [-0.05, 0) is 31.0 Å². The summed E-state index contributed by atoms with van der Waals surface area (Å²) in [5, 5.41) is 6.87. The van der Waals surface area contributed by atoms with E-state index in [1.807, 2.05) is 6.92 Å². The van der Waals surface area contributed by atoms with Crippen LogP contribution in [0.15, 0.2) is 30.7 Å². The summed E-state index contributed by atoms with van der Waals surface area (Å²) in [6.07, 6.45) is 5.50. The van der Waals surface area contributed by atoms with Gasteiger partial charge < -0.3 is 16.0 Å². The molecule has 3 rings (SSSR count). The van der Waals surface area contributed by atoms with Gasteiger partial charge in [-0.1, -0.05) is 0 Å². The standard InChI is InChI=1S/C16H20N6O2/c1-10-5-14(16(24)22(10)12-8-19-21(2)9-12)20-15(23)13-6-11(7-17)3-4-18-13/h3-4,6,8-10,14H,5,7,17H2,1-2H3,(H,20,23). The smallest absolute Gasteiger partial charge is 0.270 e. The van der Waals surface area contributed by atoms with E-state index in [1.165, 1.54) is 6.20 Å². The average Bonchev–Trinajstić information content (AvgIpc) is 3.10. The van der Waals surface area contributed by atoms with Crippen LogP contribution in [0.2, 0.25) is 0 Å². The lowest BCUT2D eigenvalue weighted by molar-refractivity contribution is -0.118. The summed E-state index contributed by atoms with van der Waals surface area (Å²) < 4.78 is 1.64. The molecule has 0 bridgehead atoms. The van der Waals surface area contributed by atoms with E-state index in [0.29, 0.717) is 13.0 Å². The summed E-state index contributed by atoms with van der Waals surface area (Å²) in [5.74, 6) is -0.511. The Bertz CT molecular complexity index is 771. The van der Waals surface area contributed by atoms with Gasteiger partial charge in [0, 0.05) is 32.0 Å². The summed E-state index contributed by atoms with van der Waals surface area (Å²) in [6.45, 7) is 2.28. The quantitative estimate of drug-likeness (QED) is 0.834. The first-order valence-corrected chi connectivity index (χ1v) is 7.77. The van der Waals surface area contributed by atoms with Gasteiger partial charge in [-0.15, -0.1) is 0 Å². The molecule has 0 saturated carbocycles. The number of amides is 2. The summed E-state index contributed by atoms with van der Waals surface area (Å²) >= 11 is 0. The number of carbonyl (C=O) groups is 2. The van der Waals surface area contributed by atoms with Crippen molar-refractivity contribution < 1.29 is 9.59 Å². The lowest BCUT2D eigenvalue weighted by atomic mass is 10.1. The van der Waals surface area contributed by atoms with Gasteiger partial charge >= 0.3 is 0 Å². The molecule has 3 N–H and O–H groups in total. The van der Waals surface area contributed by atoms with Gasteiger partial charge in [0.1, 0.15) is 11.7 Å². The highest BCUT2D eigenvalue weighted by Gasteiger charge is 2.39. The third kappa shape index (κ3) is 3.00. The highest BCUT2D eigenvalue weighted by molar-refractivity contribution is 6.03. The highest BCUT2D eigenvalue weighted by Crippen LogP contribution is 2.26. The Morgan fingerprint density at radius 2 is 2.29 bits per heavy atom. The lowest BCUT2D eigenvalue weighted by Crippen LogP contribution is -2.42. The van der Waals surface area contributed by atoms with Crippen molar-refractivity contribution in [1.29, 1.82) is 0 Å². The van der Waals surface area contributed by atoms with E-state index in [-0.39, 0.29) is 23.6 Å². The minimum atomic E-state index is -0.573. The first-order valence-electron chi connectivity index (χ1n) is 7.77. The molecule has 8 nitrogen and oxygen atoms in total. The zero-order valence-corrected chi connectivity index (χ0v) is 13.6. The second-order valence-corrected chi connectivity index (χ2v) is 5.94. The van der Waals surface area contributed by atoms with Crippen molar-refractivity contribution in [3.8, 4) is 0 Å². The second kappa shape index (κ2) is 6.40. The second-order valence-electron chi connectivity index (χ2n) is 5.94. The summed E-state index contributed by atoms with van der Waals surface area (Å²) in [5.41, 5.74) is 7.39. The van der Waals surface area contributed by atoms with E-state index < -0.39 is 6.04 Å². The van der Waals surface area contributed by atoms with E-state index in [9.17, 15) is 9.59 Å². The molecule has 24 heavy (non-hydrogen) atoms. The molecular weight excluding hydrogens is 308 g/mol. The number of nitrogens with zero attached hydrogens (tertiary/aromatic N) is 4. The van der Waals surface area contributed by atoms with Crippen LogP contribution in [0.3, 0.4) is 0 Å². The van der Waals surface area contributed by atoms with Gasteiger partial charge in [0.25, 0.3) is 5.91 Å². The first-order chi connectivity index (χ1) is 11.5. The van der Waals surface area contributed by atoms with E-state index >= 15 is 0 Å². The fourth-order valence-corrected chi connectivity index (χ4v) is 2.93. The van der Waals surface area contributed by atoms with E-state index in [0.717, 1.165) is 11.3 Å². The van der Waals surface area contributed by atoms with Gasteiger partial charge in [-0.2, -0.15) is 5.10 Å². The van der Waals surface area contributed by atoms with E-state index in [4.69, 9.17) is 5.73 Å². The molecule has 1 fully saturated rings. The van der Waals surface area contributed by atoms with Crippen LogP contribution in [-0.4, -0.2) is 38.7 Å². The van der Waals surface area contributed by atoms with Crippen LogP contribution in [0.1, 0.15) is 29.4 Å². The third-order valence-corrected chi connectivity index (χ3v) is 4.12. The fraction of sp³-hybridized carbons (Fsp3) is 0.375. The molecule has 0 spiro atoms. The Hall–Kier alpha value is -2.74. The zero-order chi connectivity index (χ0) is 17.3. The van der Waals surface area contributed by atoms with Gasteiger partial charge in [0.2, 0.25) is 5.91 Å². The summed E-state index contributed by atoms with van der Waals surface area (Å²) in [7, 11) is 1.80. The monoisotopic (exact) mass is 328 g/mol. The molecule has 0 radical (unpaired) electrons. The molecule has 3 heterocycles. The number of anilines is 1. The Balaban J connectivity index is 1.74. The fourth-order valence-electron chi connectivity index (χ4n) is 2.93. The van der Waals surface area contributed by atoms with Crippen molar-refractivity contribution in [3.63, 3.8) is 0 Å². The number of hydrogen-bond donors (Lipinski definition) is 2. The summed E-state index contributed by atoms with van der Waals surface area (Å²) in [6, 6.07) is 2.80. The number of carbonyl (C=O) groups excluding carboxylic acids is 2. The lowest BCUT2D eigenvalue weighted by Gasteiger charge is -2.19. The average molecular weight is 328 g/mol. The molecule has 0 aromatic carbocycles. The number of pyridine rings is 1. The molecule has 8 heteroatoms. The van der Waals surface area contributed by atoms with Crippen molar-refractivity contribution >= 4 is 17.5 Å². The van der Waals surface area contributed by atoms with Gasteiger partial charge in [-0.25, -0.2) is 0 Å². The van der Waals surface area contributed by atoms with E-state index in [2.05, 4.69) is 15.4 Å². The number of aryl methyl sites for hydroxylation is 1. The van der Waals surface area contributed by atoms with E-state index in [1.54, 1.807) is 41.2 Å². The molecular formula is C16H20N6O2. The largest absolute Gasteiger partial charge is 0.339 e. The minimum Gasteiger partial charge on any atom is -0.339 e. The van der Waals surface area contributed by atoms with Gasteiger partial charge in [0.05, 0.1) is 11.9 Å². The molecule has 1 aliphatic heterocycles. The molecule has 126 valence electrons. The van der Waals surface area contributed by atoms with Crippen molar-refractivity contribution in [2.75, 3.05) is 4.90 Å². The van der Waals surface area contributed by atoms with Crippen LogP contribution in [0.25, 0.3) is 0 Å². The predicted octanol–water partition coefficient (Wildman–Crippen LogP) is 0.198. The predicted molar refractivity (Wildman–Crippen MR) is 88.2 cm³/mol. The maximum absolute atomic E-state index is 12.6. The first kappa shape index (κ1) is 16.1. The van der Waals surface area contributed by atoms with Gasteiger partial charge in [0.15, 0.2) is 0 Å². The van der Waals surface area contributed by atoms with Crippen molar-refractivity contribution in [2.24, 2.45) is 12.8 Å². The van der Waals surface area contributed by atoms with Crippen LogP contribution in [0.4, 0.5) is 5.69 Å². The Kier molecular flexibility index (Phi) is 4.30. The Morgan fingerprint density at radius 3 is 2.96 bits per heavy atom. The minimum absolute atomic E-state index is 0.0182. The molecule has 2 unspecified atom stereocenters. The van der Waals surface area contributed by atoms with Crippen molar-refractivity contribution in [1.82, 2.24) is 20.1 Å². The maximum Gasteiger partial charge on any atom is 0.270 e. The van der Waals surface area contributed by atoms with Crippen molar-refractivity contribution in [2.45, 2.75) is 32.0 Å².